The van der Waals surface area contributed by atoms with E-state index in [0.717, 1.165) is 57.3 Å². The van der Waals surface area contributed by atoms with Crippen molar-refractivity contribution in [2.45, 2.75) is 39.8 Å². The van der Waals surface area contributed by atoms with Gasteiger partial charge in [-0.2, -0.15) is 0 Å². The van der Waals surface area contributed by atoms with E-state index >= 15 is 0 Å². The maximum Gasteiger partial charge on any atom is 0.117 e. The van der Waals surface area contributed by atoms with Gasteiger partial charge < -0.3 is 9.40 Å². The van der Waals surface area contributed by atoms with E-state index in [9.17, 15) is 0 Å². The minimum Gasteiger partial charge on any atom is -0.468 e. The van der Waals surface area contributed by atoms with E-state index in [4.69, 9.17) is 9.40 Å². The van der Waals surface area contributed by atoms with Crippen molar-refractivity contribution in [3.05, 3.63) is 41.4 Å². The van der Waals surface area contributed by atoms with Crippen LogP contribution in [0.2, 0.25) is 0 Å². The van der Waals surface area contributed by atoms with E-state index in [1.165, 1.54) is 17.8 Å². The van der Waals surface area contributed by atoms with Crippen LogP contribution in [0.5, 0.6) is 0 Å². The highest BCUT2D eigenvalue weighted by Crippen LogP contribution is 2.13. The number of aromatic nitrogens is 2. The third-order valence-electron chi connectivity index (χ3n) is 4.38. The van der Waals surface area contributed by atoms with Gasteiger partial charge in [0.25, 0.3) is 0 Å². The van der Waals surface area contributed by atoms with E-state index in [-0.39, 0.29) is 0 Å². The Labute approximate surface area is 132 Å². The second kappa shape index (κ2) is 7.11. The molecule has 1 N–H and O–H groups in total. The van der Waals surface area contributed by atoms with Gasteiger partial charge in [-0.3, -0.25) is 9.80 Å². The topological polar surface area (TPSA) is 48.3 Å². The van der Waals surface area contributed by atoms with Crippen LogP contribution < -0.4 is 0 Å². The molecule has 0 radical (unpaired) electrons. The van der Waals surface area contributed by atoms with Gasteiger partial charge in [-0.1, -0.05) is 6.92 Å². The molecule has 5 heteroatoms. The molecule has 0 aromatic carbocycles. The summed E-state index contributed by atoms with van der Waals surface area (Å²) in [5.41, 5.74) is 2.42. The average Bonchev–Trinajstić information content (AvgIpc) is 3.08. The molecule has 120 valence electrons. The molecule has 1 fully saturated rings. The molecule has 0 unspecified atom stereocenters. The Kier molecular flexibility index (Phi) is 4.95. The molecule has 0 aliphatic carbocycles. The van der Waals surface area contributed by atoms with Crippen molar-refractivity contribution < 1.29 is 4.42 Å². The van der Waals surface area contributed by atoms with Crippen molar-refractivity contribution in [2.75, 3.05) is 26.2 Å². The van der Waals surface area contributed by atoms with Crippen molar-refractivity contribution in [2.24, 2.45) is 0 Å². The molecular formula is C17H26N4O. The Morgan fingerprint density at radius 3 is 2.59 bits per heavy atom. The van der Waals surface area contributed by atoms with Gasteiger partial charge in [0, 0.05) is 31.7 Å². The highest BCUT2D eigenvalue weighted by atomic mass is 16.3. The largest absolute Gasteiger partial charge is 0.468 e. The minimum atomic E-state index is 0.919. The fraction of sp³-hybridized carbons (Fsp3) is 0.588. The van der Waals surface area contributed by atoms with Crippen molar-refractivity contribution in [3.63, 3.8) is 0 Å². The van der Waals surface area contributed by atoms with E-state index < -0.39 is 0 Å². The third-order valence-corrected chi connectivity index (χ3v) is 4.38. The Bertz CT molecular complexity index is 576. The highest BCUT2D eigenvalue weighted by molar-refractivity contribution is 5.13. The normalized spacial score (nSPS) is 17.7. The zero-order valence-corrected chi connectivity index (χ0v) is 13.6. The van der Waals surface area contributed by atoms with Gasteiger partial charge in [-0.25, -0.2) is 4.98 Å². The standard InChI is InChI=1S/C17H26N4O/c1-3-17-18-14(2)16(19-17)13-21-8-5-7-20(9-10-21)12-15-6-4-11-22-15/h4,6,11H,3,5,7-10,12-13H2,1-2H3,(H,18,19). The van der Waals surface area contributed by atoms with E-state index in [1.54, 1.807) is 6.26 Å². The molecule has 2 aromatic rings. The van der Waals surface area contributed by atoms with E-state index in [2.05, 4.69) is 34.7 Å². The highest BCUT2D eigenvalue weighted by Gasteiger charge is 2.17. The lowest BCUT2D eigenvalue weighted by atomic mass is 10.3. The van der Waals surface area contributed by atoms with Crippen LogP contribution >= 0.6 is 0 Å². The Morgan fingerprint density at radius 1 is 1.18 bits per heavy atom. The molecule has 3 heterocycles. The molecular weight excluding hydrogens is 276 g/mol. The summed E-state index contributed by atoms with van der Waals surface area (Å²) < 4.78 is 5.46. The Morgan fingerprint density at radius 2 is 1.95 bits per heavy atom. The van der Waals surface area contributed by atoms with E-state index in [1.807, 2.05) is 6.07 Å². The summed E-state index contributed by atoms with van der Waals surface area (Å²) in [6, 6.07) is 4.02. The number of furan rings is 1. The maximum atomic E-state index is 5.46. The van der Waals surface area contributed by atoms with Crippen LogP contribution in [0.1, 0.15) is 36.3 Å². The summed E-state index contributed by atoms with van der Waals surface area (Å²) in [5.74, 6) is 2.16. The molecule has 2 aromatic heterocycles. The molecule has 0 amide bonds. The van der Waals surface area contributed by atoms with Gasteiger partial charge in [0.2, 0.25) is 0 Å². The summed E-state index contributed by atoms with van der Waals surface area (Å²) in [5, 5.41) is 0. The van der Waals surface area contributed by atoms with Crippen LogP contribution in [0.4, 0.5) is 0 Å². The van der Waals surface area contributed by atoms with Crippen molar-refractivity contribution in [1.29, 1.82) is 0 Å². The number of aryl methyl sites for hydroxylation is 2. The molecule has 0 saturated carbocycles. The number of nitrogens with zero attached hydrogens (tertiary/aromatic N) is 3. The summed E-state index contributed by atoms with van der Waals surface area (Å²) in [6.07, 6.45) is 3.92. The quantitative estimate of drug-likeness (QED) is 0.922. The lowest BCUT2D eigenvalue weighted by molar-refractivity contribution is 0.233. The van der Waals surface area contributed by atoms with Crippen molar-refractivity contribution in [1.82, 2.24) is 19.8 Å². The van der Waals surface area contributed by atoms with Gasteiger partial charge in [0.05, 0.1) is 18.5 Å². The lowest BCUT2D eigenvalue weighted by Gasteiger charge is -2.20. The first-order valence-electron chi connectivity index (χ1n) is 8.26. The fourth-order valence-electron chi connectivity index (χ4n) is 3.06. The summed E-state index contributed by atoms with van der Waals surface area (Å²) in [7, 11) is 0. The van der Waals surface area contributed by atoms with E-state index in [0.29, 0.717) is 0 Å². The lowest BCUT2D eigenvalue weighted by Crippen LogP contribution is -2.30. The van der Waals surface area contributed by atoms with Crippen LogP contribution in [0, 0.1) is 6.92 Å². The predicted octanol–water partition coefficient (Wildman–Crippen LogP) is 2.58. The zero-order chi connectivity index (χ0) is 15.4. The van der Waals surface area contributed by atoms with Crippen molar-refractivity contribution in [3.8, 4) is 0 Å². The smallest absolute Gasteiger partial charge is 0.117 e. The van der Waals surface area contributed by atoms with Gasteiger partial charge in [-0.15, -0.1) is 0 Å². The maximum absolute atomic E-state index is 5.46. The monoisotopic (exact) mass is 302 g/mol. The SMILES string of the molecule is CCc1nc(CN2CCCN(Cc3ccco3)CC2)c(C)[nH]1. The molecule has 1 aliphatic heterocycles. The van der Waals surface area contributed by atoms with Gasteiger partial charge >= 0.3 is 0 Å². The summed E-state index contributed by atoms with van der Waals surface area (Å²) >= 11 is 0. The fourth-order valence-corrected chi connectivity index (χ4v) is 3.06. The Hall–Kier alpha value is -1.59. The van der Waals surface area contributed by atoms with Gasteiger partial charge in [0.15, 0.2) is 0 Å². The third kappa shape index (κ3) is 3.78. The second-order valence-corrected chi connectivity index (χ2v) is 6.09. The average molecular weight is 302 g/mol. The summed E-state index contributed by atoms with van der Waals surface area (Å²) in [6.45, 7) is 10.6. The molecule has 0 bridgehead atoms. The van der Waals surface area contributed by atoms with Gasteiger partial charge in [-0.05, 0) is 38.6 Å². The van der Waals surface area contributed by atoms with Crippen LogP contribution in [0.3, 0.4) is 0 Å². The second-order valence-electron chi connectivity index (χ2n) is 6.09. The number of H-pyrrole nitrogens is 1. The van der Waals surface area contributed by atoms with Gasteiger partial charge in [0.1, 0.15) is 11.6 Å². The summed E-state index contributed by atoms with van der Waals surface area (Å²) in [4.78, 5) is 13.1. The van der Waals surface area contributed by atoms with Crippen molar-refractivity contribution >= 4 is 0 Å². The number of hydrogen-bond acceptors (Lipinski definition) is 4. The molecule has 22 heavy (non-hydrogen) atoms. The number of nitrogens with one attached hydrogen (secondary N) is 1. The number of rotatable bonds is 5. The van der Waals surface area contributed by atoms with Crippen LogP contribution in [0.15, 0.2) is 22.8 Å². The number of hydrogen-bond donors (Lipinski definition) is 1. The van der Waals surface area contributed by atoms with Crippen LogP contribution in [-0.4, -0.2) is 45.9 Å². The first kappa shape index (κ1) is 15.3. The number of imidazole rings is 1. The first-order chi connectivity index (χ1) is 10.7. The molecule has 3 rings (SSSR count). The molecule has 0 spiro atoms. The first-order valence-corrected chi connectivity index (χ1v) is 8.26. The minimum absolute atomic E-state index is 0.919. The van der Waals surface area contributed by atoms with Crippen LogP contribution in [-0.2, 0) is 19.5 Å². The molecule has 0 atom stereocenters. The predicted molar refractivity (Wildman–Crippen MR) is 86.6 cm³/mol. The van der Waals surface area contributed by atoms with Crippen LogP contribution in [0.25, 0.3) is 0 Å². The molecule has 1 saturated heterocycles. The Balaban J connectivity index is 1.54. The molecule has 1 aliphatic rings. The molecule has 5 nitrogen and oxygen atoms in total. The zero-order valence-electron chi connectivity index (χ0n) is 13.6. The number of aromatic amines is 1.